The first-order chi connectivity index (χ1) is 9.61. The molecule has 108 valence electrons. The van der Waals surface area contributed by atoms with Crippen LogP contribution in [0.3, 0.4) is 0 Å². The van der Waals surface area contributed by atoms with Crippen LogP contribution in [-0.4, -0.2) is 23.7 Å². The lowest BCUT2D eigenvalue weighted by Gasteiger charge is -2.17. The molecule has 20 heavy (non-hydrogen) atoms. The van der Waals surface area contributed by atoms with E-state index in [1.165, 1.54) is 24.3 Å². The van der Waals surface area contributed by atoms with Crippen molar-refractivity contribution in [3.63, 3.8) is 0 Å². The van der Waals surface area contributed by atoms with Crippen LogP contribution >= 0.6 is 11.6 Å². The van der Waals surface area contributed by atoms with Gasteiger partial charge in [-0.1, -0.05) is 24.1 Å². The summed E-state index contributed by atoms with van der Waals surface area (Å²) in [6.45, 7) is 0.0772. The third-order valence-corrected chi connectivity index (χ3v) is 3.95. The molecule has 0 spiro atoms. The molecule has 1 amide bonds. The van der Waals surface area contributed by atoms with Gasteiger partial charge in [0.25, 0.3) is 0 Å². The quantitative estimate of drug-likeness (QED) is 0.840. The maximum atomic E-state index is 13.5. The molecule has 0 radical (unpaired) electrons. The van der Waals surface area contributed by atoms with E-state index in [9.17, 15) is 14.3 Å². The molecule has 1 aliphatic carbocycles. The lowest BCUT2D eigenvalue weighted by atomic mass is 10.1. The molecule has 5 heteroatoms. The van der Waals surface area contributed by atoms with Crippen LogP contribution in [0.5, 0.6) is 0 Å². The zero-order valence-electron chi connectivity index (χ0n) is 11.0. The molecule has 1 aromatic rings. The highest BCUT2D eigenvalue weighted by Crippen LogP contribution is 2.25. The molecule has 0 heterocycles. The summed E-state index contributed by atoms with van der Waals surface area (Å²) in [5, 5.41) is 12.3. The number of benzene rings is 1. The smallest absolute Gasteiger partial charge is 0.244 e. The van der Waals surface area contributed by atoms with Gasteiger partial charge in [-0.2, -0.15) is 0 Å². The lowest BCUT2D eigenvalue weighted by Crippen LogP contribution is -2.37. The predicted molar refractivity (Wildman–Crippen MR) is 76.8 cm³/mol. The fraction of sp³-hybridized carbons (Fsp3) is 0.400. The van der Waals surface area contributed by atoms with E-state index in [4.69, 9.17) is 11.6 Å². The molecule has 1 fully saturated rings. The van der Waals surface area contributed by atoms with Crippen LogP contribution in [0.25, 0.3) is 6.08 Å². The summed E-state index contributed by atoms with van der Waals surface area (Å²) in [6.07, 6.45) is 5.43. The van der Waals surface area contributed by atoms with Gasteiger partial charge in [-0.3, -0.25) is 4.79 Å². The van der Waals surface area contributed by atoms with E-state index in [1.54, 1.807) is 6.07 Å². The number of carbonyl (C=O) groups is 1. The largest absolute Gasteiger partial charge is 0.396 e. The molecular formula is C15H17ClFNO2. The van der Waals surface area contributed by atoms with Crippen molar-refractivity contribution in [1.82, 2.24) is 5.32 Å². The highest BCUT2D eigenvalue weighted by Gasteiger charge is 2.27. The highest BCUT2D eigenvalue weighted by atomic mass is 35.5. The number of carbonyl (C=O) groups excluding carboxylic acids is 1. The Labute approximate surface area is 122 Å². The standard InChI is InChI=1S/C15H17ClFNO2/c16-12-4-2-5-13(17)11(12)7-8-15(20)18-14-6-1-3-10(14)9-19/h2,4-5,7-8,10,14,19H,1,3,6,9H2,(H,18,20)/b8-7+. The average molecular weight is 298 g/mol. The Kier molecular flexibility index (Phi) is 5.15. The summed E-state index contributed by atoms with van der Waals surface area (Å²) in [5.41, 5.74) is 0.203. The van der Waals surface area contributed by atoms with Crippen LogP contribution in [-0.2, 0) is 4.79 Å². The molecule has 0 aromatic heterocycles. The van der Waals surface area contributed by atoms with Crippen molar-refractivity contribution in [1.29, 1.82) is 0 Å². The van der Waals surface area contributed by atoms with E-state index < -0.39 is 5.82 Å². The van der Waals surface area contributed by atoms with Gasteiger partial charge in [0.05, 0.1) is 5.02 Å². The number of rotatable bonds is 4. The second-order valence-corrected chi connectivity index (χ2v) is 5.36. The number of hydrogen-bond donors (Lipinski definition) is 2. The maximum Gasteiger partial charge on any atom is 0.244 e. The van der Waals surface area contributed by atoms with E-state index in [1.807, 2.05) is 0 Å². The number of nitrogens with one attached hydrogen (secondary N) is 1. The molecule has 2 unspecified atom stereocenters. The molecule has 0 aliphatic heterocycles. The lowest BCUT2D eigenvalue weighted by molar-refractivity contribution is -0.117. The summed E-state index contributed by atoms with van der Waals surface area (Å²) in [6, 6.07) is 4.37. The van der Waals surface area contributed by atoms with Gasteiger partial charge in [-0.15, -0.1) is 0 Å². The van der Waals surface area contributed by atoms with Gasteiger partial charge >= 0.3 is 0 Å². The van der Waals surface area contributed by atoms with Gasteiger partial charge in [-0.05, 0) is 31.1 Å². The summed E-state index contributed by atoms with van der Waals surface area (Å²) >= 11 is 5.87. The molecule has 2 atom stereocenters. The number of hydrogen-bond acceptors (Lipinski definition) is 2. The first-order valence-electron chi connectivity index (χ1n) is 6.65. The fourth-order valence-corrected chi connectivity index (χ4v) is 2.73. The van der Waals surface area contributed by atoms with Crippen LogP contribution in [0.2, 0.25) is 5.02 Å². The molecule has 2 rings (SSSR count). The number of amides is 1. The highest BCUT2D eigenvalue weighted by molar-refractivity contribution is 6.32. The first-order valence-corrected chi connectivity index (χ1v) is 7.03. The van der Waals surface area contributed by atoms with Crippen LogP contribution in [0.4, 0.5) is 4.39 Å². The van der Waals surface area contributed by atoms with Crippen LogP contribution in [0, 0.1) is 11.7 Å². The zero-order valence-corrected chi connectivity index (χ0v) is 11.7. The fourth-order valence-electron chi connectivity index (χ4n) is 2.51. The molecule has 1 aliphatic rings. The van der Waals surface area contributed by atoms with E-state index >= 15 is 0 Å². The minimum atomic E-state index is -0.462. The van der Waals surface area contributed by atoms with E-state index in [0.29, 0.717) is 0 Å². The number of halogens is 2. The maximum absolute atomic E-state index is 13.5. The number of aliphatic hydroxyl groups excluding tert-OH is 1. The number of aliphatic hydroxyl groups is 1. The van der Waals surface area contributed by atoms with Gasteiger partial charge < -0.3 is 10.4 Å². The molecule has 1 saturated carbocycles. The Morgan fingerprint density at radius 3 is 3.00 bits per heavy atom. The van der Waals surface area contributed by atoms with Gasteiger partial charge in [-0.25, -0.2) is 4.39 Å². The summed E-state index contributed by atoms with van der Waals surface area (Å²) < 4.78 is 13.5. The Hall–Kier alpha value is -1.39. The monoisotopic (exact) mass is 297 g/mol. The molecule has 0 saturated heterocycles. The van der Waals surface area contributed by atoms with Crippen molar-refractivity contribution in [3.05, 3.63) is 40.7 Å². The normalized spacial score (nSPS) is 22.4. The Bertz CT molecular complexity index is 498. The Morgan fingerprint density at radius 1 is 1.50 bits per heavy atom. The summed E-state index contributed by atoms with van der Waals surface area (Å²) in [5.74, 6) is -0.644. The minimum Gasteiger partial charge on any atom is -0.396 e. The van der Waals surface area contributed by atoms with E-state index in [2.05, 4.69) is 5.32 Å². The van der Waals surface area contributed by atoms with Crippen molar-refractivity contribution in [3.8, 4) is 0 Å². The van der Waals surface area contributed by atoms with E-state index in [-0.39, 0.29) is 35.1 Å². The third kappa shape index (κ3) is 3.58. The summed E-state index contributed by atoms with van der Waals surface area (Å²) in [7, 11) is 0. The second-order valence-electron chi connectivity index (χ2n) is 4.96. The van der Waals surface area contributed by atoms with Crippen molar-refractivity contribution in [2.45, 2.75) is 25.3 Å². The predicted octanol–water partition coefficient (Wildman–Crippen LogP) is 2.77. The van der Waals surface area contributed by atoms with E-state index in [0.717, 1.165) is 19.3 Å². The SMILES string of the molecule is O=C(/C=C/c1c(F)cccc1Cl)NC1CCCC1CO. The minimum absolute atomic E-state index is 0.00626. The topological polar surface area (TPSA) is 49.3 Å². The van der Waals surface area contributed by atoms with Gasteiger partial charge in [0, 0.05) is 30.2 Å². The first kappa shape index (κ1) is 15.0. The molecular weight excluding hydrogens is 281 g/mol. The van der Waals surface area contributed by atoms with Crippen LogP contribution < -0.4 is 5.32 Å². The average Bonchev–Trinajstić information content (AvgIpc) is 2.85. The second kappa shape index (κ2) is 6.86. The Morgan fingerprint density at radius 2 is 2.30 bits per heavy atom. The Balaban J connectivity index is 1.99. The molecule has 3 nitrogen and oxygen atoms in total. The van der Waals surface area contributed by atoms with Crippen molar-refractivity contribution in [2.24, 2.45) is 5.92 Å². The molecule has 2 N–H and O–H groups in total. The molecule has 1 aromatic carbocycles. The van der Waals surface area contributed by atoms with Gasteiger partial charge in [0.1, 0.15) is 5.82 Å². The van der Waals surface area contributed by atoms with Crippen LogP contribution in [0.15, 0.2) is 24.3 Å². The van der Waals surface area contributed by atoms with Gasteiger partial charge in [0.2, 0.25) is 5.91 Å². The third-order valence-electron chi connectivity index (χ3n) is 3.62. The van der Waals surface area contributed by atoms with Gasteiger partial charge in [0.15, 0.2) is 0 Å². The van der Waals surface area contributed by atoms with Crippen LogP contribution in [0.1, 0.15) is 24.8 Å². The van der Waals surface area contributed by atoms with Crippen molar-refractivity contribution in [2.75, 3.05) is 6.61 Å². The summed E-state index contributed by atoms with van der Waals surface area (Å²) in [4.78, 5) is 11.8. The van der Waals surface area contributed by atoms with Crippen molar-refractivity contribution >= 4 is 23.6 Å². The zero-order chi connectivity index (χ0) is 14.5. The van der Waals surface area contributed by atoms with Crippen molar-refractivity contribution < 1.29 is 14.3 Å². The molecule has 0 bridgehead atoms.